The average Bonchev–Trinajstić information content (AvgIpc) is 3.05. The van der Waals surface area contributed by atoms with Crippen LogP contribution in [0.25, 0.3) is 0 Å². The Labute approximate surface area is 163 Å². The summed E-state index contributed by atoms with van der Waals surface area (Å²) in [6.45, 7) is 2.00. The Morgan fingerprint density at radius 1 is 0.889 bits per heavy atom. The Morgan fingerprint density at radius 3 is 2.26 bits per heavy atom. The monoisotopic (exact) mass is 391 g/mol. The van der Waals surface area contributed by atoms with Gasteiger partial charge in [-0.15, -0.1) is 0 Å². The smallest absolute Gasteiger partial charge is 0.305 e. The van der Waals surface area contributed by atoms with Crippen LogP contribution in [0.1, 0.15) is 42.6 Å². The molecule has 2 aliphatic rings. The van der Waals surface area contributed by atoms with E-state index in [2.05, 4.69) is 4.98 Å². The minimum absolute atomic E-state index is 0.134. The van der Waals surface area contributed by atoms with E-state index < -0.39 is 5.92 Å². The zero-order valence-electron chi connectivity index (χ0n) is 14.2. The lowest BCUT2D eigenvalue weighted by atomic mass is 9.79. The van der Waals surface area contributed by atoms with Crippen LogP contribution in [-0.4, -0.2) is 16.6 Å². The van der Waals surface area contributed by atoms with Gasteiger partial charge in [-0.25, -0.2) is 0 Å². The van der Waals surface area contributed by atoms with Crippen LogP contribution in [-0.2, 0) is 0 Å². The Balaban J connectivity index is 1.79. The van der Waals surface area contributed by atoms with E-state index in [0.717, 1.165) is 27.3 Å². The molecule has 2 aromatic carbocycles. The van der Waals surface area contributed by atoms with Gasteiger partial charge in [-0.2, -0.15) is 0 Å². The maximum Gasteiger partial charge on any atom is 0.305 e. The fourth-order valence-corrected chi connectivity index (χ4v) is 5.91. The SMILES string of the molecule is Cc1ccc(C2C3=C(Sc4[nH]c(=O)sc42)C(=O)c2ccccc2C3=O)cc1. The van der Waals surface area contributed by atoms with E-state index in [9.17, 15) is 14.4 Å². The van der Waals surface area contributed by atoms with Crippen molar-refractivity contribution in [2.75, 3.05) is 0 Å². The number of carbonyl (C=O) groups is 2. The fraction of sp³-hybridized carbons (Fsp3) is 0.0952. The standard InChI is InChI=1S/C21H13NO3S2/c1-10-6-8-11(9-7-10)14-15-16(23)12-4-2-3-5-13(12)17(24)18(15)26-20-19(14)27-21(25)22-20/h2-9,14H,1H3,(H,22,25). The summed E-state index contributed by atoms with van der Waals surface area (Å²) in [6.07, 6.45) is 0. The van der Waals surface area contributed by atoms with Gasteiger partial charge >= 0.3 is 4.87 Å². The summed E-state index contributed by atoms with van der Waals surface area (Å²) in [5, 5.41) is 0.662. The van der Waals surface area contributed by atoms with Crippen molar-refractivity contribution >= 4 is 34.7 Å². The molecule has 1 aliphatic heterocycles. The zero-order chi connectivity index (χ0) is 18.7. The first-order chi connectivity index (χ1) is 13.0. The first-order valence-corrected chi connectivity index (χ1v) is 10.1. The van der Waals surface area contributed by atoms with E-state index >= 15 is 0 Å². The van der Waals surface area contributed by atoms with Gasteiger partial charge in [0.25, 0.3) is 0 Å². The van der Waals surface area contributed by atoms with Crippen LogP contribution in [0.3, 0.4) is 0 Å². The van der Waals surface area contributed by atoms with Gasteiger partial charge < -0.3 is 4.98 Å². The molecule has 1 unspecified atom stereocenters. The summed E-state index contributed by atoms with van der Waals surface area (Å²) in [6, 6.07) is 14.8. The minimum atomic E-state index is -0.411. The number of hydrogen-bond donors (Lipinski definition) is 1. The molecule has 1 N–H and O–H groups in total. The van der Waals surface area contributed by atoms with Crippen LogP contribution in [0.15, 0.2) is 68.8 Å². The number of nitrogens with one attached hydrogen (secondary N) is 1. The van der Waals surface area contributed by atoms with Crippen LogP contribution >= 0.6 is 23.1 Å². The molecule has 0 amide bonds. The van der Waals surface area contributed by atoms with E-state index in [4.69, 9.17) is 0 Å². The predicted molar refractivity (Wildman–Crippen MR) is 106 cm³/mol. The average molecular weight is 391 g/mol. The third kappa shape index (κ3) is 2.40. The van der Waals surface area contributed by atoms with Crippen molar-refractivity contribution in [3.63, 3.8) is 0 Å². The van der Waals surface area contributed by atoms with Crippen LogP contribution in [0.4, 0.5) is 0 Å². The van der Waals surface area contributed by atoms with Gasteiger partial charge in [0.05, 0.1) is 20.7 Å². The highest BCUT2D eigenvalue weighted by Crippen LogP contribution is 2.51. The maximum absolute atomic E-state index is 13.4. The van der Waals surface area contributed by atoms with Crippen molar-refractivity contribution in [3.05, 3.63) is 95.8 Å². The van der Waals surface area contributed by atoms with E-state index in [1.807, 2.05) is 31.2 Å². The third-order valence-corrected chi connectivity index (χ3v) is 7.13. The number of thioether (sulfide) groups is 1. The van der Waals surface area contributed by atoms with Gasteiger partial charge in [-0.3, -0.25) is 14.4 Å². The van der Waals surface area contributed by atoms with Crippen LogP contribution < -0.4 is 4.87 Å². The van der Waals surface area contributed by atoms with Crippen molar-refractivity contribution < 1.29 is 9.59 Å². The molecule has 1 atom stereocenters. The predicted octanol–water partition coefficient (Wildman–Crippen LogP) is 4.32. The number of rotatable bonds is 1. The molecule has 27 heavy (non-hydrogen) atoms. The molecule has 1 aliphatic carbocycles. The third-order valence-electron chi connectivity index (χ3n) is 4.92. The lowest BCUT2D eigenvalue weighted by Crippen LogP contribution is -2.27. The summed E-state index contributed by atoms with van der Waals surface area (Å²) < 4.78 is 0. The Kier molecular flexibility index (Phi) is 3.60. The zero-order valence-corrected chi connectivity index (χ0v) is 15.9. The molecular weight excluding hydrogens is 378 g/mol. The summed E-state index contributed by atoms with van der Waals surface area (Å²) in [5.41, 5.74) is 3.36. The van der Waals surface area contributed by atoms with Gasteiger partial charge in [0, 0.05) is 16.7 Å². The number of ketones is 2. The molecule has 0 bridgehead atoms. The number of thiazole rings is 1. The Bertz CT molecular complexity index is 1210. The molecule has 4 nitrogen and oxygen atoms in total. The van der Waals surface area contributed by atoms with Crippen molar-refractivity contribution in [2.24, 2.45) is 0 Å². The maximum atomic E-state index is 13.4. The molecule has 1 aromatic heterocycles. The number of carbonyl (C=O) groups excluding carboxylic acids is 2. The number of Topliss-reactive ketones (excluding diaryl/α,β-unsaturated/α-hetero) is 2. The van der Waals surface area contributed by atoms with Gasteiger partial charge in [-0.1, -0.05) is 77.2 Å². The second kappa shape index (κ2) is 5.90. The molecule has 5 rings (SSSR count). The number of aryl methyl sites for hydroxylation is 1. The molecule has 132 valence electrons. The highest BCUT2D eigenvalue weighted by atomic mass is 32.2. The van der Waals surface area contributed by atoms with Crippen molar-refractivity contribution in [2.45, 2.75) is 17.9 Å². The molecular formula is C21H13NO3S2. The van der Waals surface area contributed by atoms with Crippen molar-refractivity contribution in [3.8, 4) is 0 Å². The summed E-state index contributed by atoms with van der Waals surface area (Å²) in [5.74, 6) is -0.699. The normalized spacial score (nSPS) is 18.2. The number of aromatic nitrogens is 1. The topological polar surface area (TPSA) is 67.0 Å². The van der Waals surface area contributed by atoms with E-state index in [1.54, 1.807) is 24.3 Å². The summed E-state index contributed by atoms with van der Waals surface area (Å²) >= 11 is 2.31. The van der Waals surface area contributed by atoms with E-state index in [-0.39, 0.29) is 16.4 Å². The van der Waals surface area contributed by atoms with Gasteiger partial charge in [0.15, 0.2) is 5.78 Å². The van der Waals surface area contributed by atoms with Gasteiger partial charge in [0.1, 0.15) is 0 Å². The van der Waals surface area contributed by atoms with Crippen molar-refractivity contribution in [1.29, 1.82) is 0 Å². The van der Waals surface area contributed by atoms with Gasteiger partial charge in [-0.05, 0) is 12.5 Å². The molecule has 0 spiro atoms. The molecule has 3 aromatic rings. The molecule has 6 heteroatoms. The van der Waals surface area contributed by atoms with Gasteiger partial charge in [0.2, 0.25) is 5.78 Å². The highest BCUT2D eigenvalue weighted by molar-refractivity contribution is 8.04. The van der Waals surface area contributed by atoms with E-state index in [0.29, 0.717) is 26.6 Å². The number of fused-ring (bicyclic) bond motifs is 2. The van der Waals surface area contributed by atoms with E-state index in [1.165, 1.54) is 11.8 Å². The summed E-state index contributed by atoms with van der Waals surface area (Å²) in [7, 11) is 0. The minimum Gasteiger partial charge on any atom is -0.307 e. The molecule has 0 fully saturated rings. The fourth-order valence-electron chi connectivity index (χ4n) is 3.64. The molecule has 2 heterocycles. The number of benzene rings is 2. The second-order valence-electron chi connectivity index (χ2n) is 6.60. The lowest BCUT2D eigenvalue weighted by molar-refractivity contribution is 0.0977. The lowest BCUT2D eigenvalue weighted by Gasteiger charge is -2.30. The van der Waals surface area contributed by atoms with Crippen LogP contribution in [0, 0.1) is 6.92 Å². The first kappa shape index (κ1) is 16.5. The van der Waals surface area contributed by atoms with Crippen LogP contribution in [0.5, 0.6) is 0 Å². The molecule has 0 saturated heterocycles. The number of aromatic amines is 1. The number of H-pyrrole nitrogens is 1. The largest absolute Gasteiger partial charge is 0.307 e. The second-order valence-corrected chi connectivity index (χ2v) is 8.64. The first-order valence-electron chi connectivity index (χ1n) is 8.44. The Morgan fingerprint density at radius 2 is 1.56 bits per heavy atom. The Hall–Kier alpha value is -2.70. The summed E-state index contributed by atoms with van der Waals surface area (Å²) in [4.78, 5) is 42.4. The van der Waals surface area contributed by atoms with Crippen LogP contribution in [0.2, 0.25) is 0 Å². The highest BCUT2D eigenvalue weighted by Gasteiger charge is 2.42. The number of allylic oxidation sites excluding steroid dienone is 2. The molecule has 0 radical (unpaired) electrons. The quantitative estimate of drug-likeness (QED) is 0.671. The molecule has 0 saturated carbocycles. The van der Waals surface area contributed by atoms with Crippen molar-refractivity contribution in [1.82, 2.24) is 4.98 Å². The number of hydrogen-bond acceptors (Lipinski definition) is 5.